The van der Waals surface area contributed by atoms with E-state index in [1.807, 2.05) is 0 Å². The maximum Gasteiger partial charge on any atom is 0.573 e. The molecule has 2 N–H and O–H groups in total. The second kappa shape index (κ2) is 7.02. The summed E-state index contributed by atoms with van der Waals surface area (Å²) in [5.41, 5.74) is 5.08. The quantitative estimate of drug-likeness (QED) is 0.688. The first kappa shape index (κ1) is 18.3. The molecule has 0 spiro atoms. The highest BCUT2D eigenvalue weighted by Gasteiger charge is 2.31. The molecule has 140 valence electrons. The number of rotatable bonds is 5. The summed E-state index contributed by atoms with van der Waals surface area (Å²) in [4.78, 5) is 23.0. The van der Waals surface area contributed by atoms with Crippen LogP contribution in [0.15, 0.2) is 57.7 Å². The number of hydrogen-bond donors (Lipinski definition) is 1. The average Bonchev–Trinajstić information content (AvgIpc) is 2.58. The zero-order valence-electron chi connectivity index (χ0n) is 13.6. The molecular formula is C18H12F3NO5. The highest BCUT2D eigenvalue weighted by molar-refractivity contribution is 5.83. The van der Waals surface area contributed by atoms with Gasteiger partial charge in [-0.2, -0.15) is 0 Å². The van der Waals surface area contributed by atoms with Crippen LogP contribution in [0.1, 0.15) is 0 Å². The summed E-state index contributed by atoms with van der Waals surface area (Å²) in [7, 11) is 0. The van der Waals surface area contributed by atoms with E-state index in [0.717, 1.165) is 12.1 Å². The first-order valence-electron chi connectivity index (χ1n) is 7.56. The topological polar surface area (TPSA) is 91.8 Å². The molecule has 0 atom stereocenters. The normalized spacial score (nSPS) is 11.4. The van der Waals surface area contributed by atoms with E-state index in [-0.39, 0.29) is 17.8 Å². The third kappa shape index (κ3) is 4.57. The molecule has 0 bridgehead atoms. The molecule has 6 nitrogen and oxygen atoms in total. The predicted octanol–water partition coefficient (Wildman–Crippen LogP) is 3.22. The Bertz CT molecular complexity index is 1040. The Balaban J connectivity index is 1.91. The molecule has 0 saturated heterocycles. The Morgan fingerprint density at radius 2 is 1.70 bits per heavy atom. The van der Waals surface area contributed by atoms with Gasteiger partial charge in [0.15, 0.2) is 6.61 Å². The van der Waals surface area contributed by atoms with Crippen molar-refractivity contribution in [2.45, 2.75) is 6.36 Å². The van der Waals surface area contributed by atoms with Crippen molar-refractivity contribution in [3.63, 3.8) is 0 Å². The van der Waals surface area contributed by atoms with Gasteiger partial charge in [0.1, 0.15) is 17.1 Å². The minimum atomic E-state index is -4.79. The van der Waals surface area contributed by atoms with Crippen molar-refractivity contribution in [3.05, 3.63) is 59.0 Å². The third-order valence-electron chi connectivity index (χ3n) is 3.49. The zero-order chi connectivity index (χ0) is 19.6. The van der Waals surface area contributed by atoms with Crippen molar-refractivity contribution in [1.82, 2.24) is 0 Å². The van der Waals surface area contributed by atoms with Crippen LogP contribution in [0.25, 0.3) is 22.1 Å². The summed E-state index contributed by atoms with van der Waals surface area (Å²) < 4.78 is 50.8. The van der Waals surface area contributed by atoms with Crippen LogP contribution < -0.4 is 20.8 Å². The van der Waals surface area contributed by atoms with Crippen LogP contribution in [-0.4, -0.2) is 18.9 Å². The van der Waals surface area contributed by atoms with Gasteiger partial charge in [0.2, 0.25) is 0 Å². The Hall–Kier alpha value is -3.49. The summed E-state index contributed by atoms with van der Waals surface area (Å²) >= 11 is 0. The minimum Gasteiger partial charge on any atom is -0.484 e. The molecule has 1 amide bonds. The van der Waals surface area contributed by atoms with E-state index in [2.05, 4.69) is 4.74 Å². The lowest BCUT2D eigenvalue weighted by Gasteiger charge is -2.09. The monoisotopic (exact) mass is 379 g/mol. The van der Waals surface area contributed by atoms with Gasteiger partial charge in [-0.25, -0.2) is 4.79 Å². The number of nitrogens with two attached hydrogens (primary N) is 1. The van der Waals surface area contributed by atoms with Gasteiger partial charge in [-0.1, -0.05) is 12.1 Å². The molecule has 0 saturated carbocycles. The van der Waals surface area contributed by atoms with E-state index < -0.39 is 23.6 Å². The number of hydrogen-bond acceptors (Lipinski definition) is 5. The summed E-state index contributed by atoms with van der Waals surface area (Å²) in [5, 5.41) is 0.562. The summed E-state index contributed by atoms with van der Waals surface area (Å²) in [6.07, 6.45) is -4.79. The molecule has 0 aliphatic carbocycles. The van der Waals surface area contributed by atoms with Crippen LogP contribution in [0, 0.1) is 0 Å². The first-order valence-corrected chi connectivity index (χ1v) is 7.56. The van der Waals surface area contributed by atoms with Crippen molar-refractivity contribution in [3.8, 4) is 22.6 Å². The number of benzene rings is 2. The number of ether oxygens (including phenoxy) is 2. The lowest BCUT2D eigenvalue weighted by atomic mass is 10.1. The molecule has 27 heavy (non-hydrogen) atoms. The predicted molar refractivity (Wildman–Crippen MR) is 89.3 cm³/mol. The van der Waals surface area contributed by atoms with Gasteiger partial charge in [0, 0.05) is 11.5 Å². The summed E-state index contributed by atoms with van der Waals surface area (Å²) in [6.45, 7) is -0.319. The van der Waals surface area contributed by atoms with Crippen molar-refractivity contribution in [2.75, 3.05) is 6.61 Å². The van der Waals surface area contributed by atoms with Gasteiger partial charge in [-0.15, -0.1) is 13.2 Å². The third-order valence-corrected chi connectivity index (χ3v) is 3.49. The van der Waals surface area contributed by atoms with E-state index in [0.29, 0.717) is 16.7 Å². The molecule has 9 heteroatoms. The standard InChI is InChI=1S/C18H12F3NO5/c19-18(20,21)27-12-4-1-10(2-5-12)14-7-11-3-6-13(25-9-16(22)23)8-15(11)26-17(14)24/h1-8H,9H2,(H2,22,23). The van der Waals surface area contributed by atoms with E-state index in [1.54, 1.807) is 18.2 Å². The molecule has 3 aromatic rings. The number of carbonyl (C=O) groups excluding carboxylic acids is 1. The zero-order valence-corrected chi connectivity index (χ0v) is 13.6. The Labute approximate surface area is 149 Å². The molecule has 3 rings (SSSR count). The highest BCUT2D eigenvalue weighted by atomic mass is 19.4. The number of alkyl halides is 3. The largest absolute Gasteiger partial charge is 0.573 e. The lowest BCUT2D eigenvalue weighted by molar-refractivity contribution is -0.274. The van der Waals surface area contributed by atoms with Crippen LogP contribution in [0.2, 0.25) is 0 Å². The molecule has 0 fully saturated rings. The maximum atomic E-state index is 12.2. The van der Waals surface area contributed by atoms with Crippen LogP contribution in [-0.2, 0) is 4.79 Å². The van der Waals surface area contributed by atoms with Gasteiger partial charge in [-0.05, 0) is 35.9 Å². The van der Waals surface area contributed by atoms with Crippen molar-refractivity contribution >= 4 is 16.9 Å². The fraction of sp³-hybridized carbons (Fsp3) is 0.111. The summed E-state index contributed by atoms with van der Waals surface area (Å²) in [5.74, 6) is -0.747. The number of fused-ring (bicyclic) bond motifs is 1. The number of amides is 1. The van der Waals surface area contributed by atoms with Crippen LogP contribution in [0.5, 0.6) is 11.5 Å². The Morgan fingerprint density at radius 3 is 2.33 bits per heavy atom. The van der Waals surface area contributed by atoms with E-state index in [9.17, 15) is 22.8 Å². The Kier molecular flexibility index (Phi) is 4.76. The molecule has 0 radical (unpaired) electrons. The molecule has 0 aliphatic heterocycles. The van der Waals surface area contributed by atoms with Crippen molar-refractivity contribution in [1.29, 1.82) is 0 Å². The van der Waals surface area contributed by atoms with Crippen LogP contribution in [0.4, 0.5) is 13.2 Å². The van der Waals surface area contributed by atoms with Crippen molar-refractivity contribution in [2.24, 2.45) is 5.73 Å². The van der Waals surface area contributed by atoms with E-state index >= 15 is 0 Å². The van der Waals surface area contributed by atoms with Crippen molar-refractivity contribution < 1.29 is 31.9 Å². The van der Waals surface area contributed by atoms with Gasteiger partial charge < -0.3 is 19.6 Å². The highest BCUT2D eigenvalue weighted by Crippen LogP contribution is 2.27. The fourth-order valence-electron chi connectivity index (χ4n) is 2.37. The lowest BCUT2D eigenvalue weighted by Crippen LogP contribution is -2.19. The molecule has 0 unspecified atom stereocenters. The number of carbonyl (C=O) groups is 1. The number of halogens is 3. The van der Waals surface area contributed by atoms with E-state index in [1.165, 1.54) is 18.2 Å². The molecule has 0 aliphatic rings. The fourth-order valence-corrected chi connectivity index (χ4v) is 2.37. The van der Waals surface area contributed by atoms with Crippen LogP contribution in [0.3, 0.4) is 0 Å². The van der Waals surface area contributed by atoms with Gasteiger partial charge >= 0.3 is 12.0 Å². The second-order valence-electron chi connectivity index (χ2n) is 5.47. The SMILES string of the molecule is NC(=O)COc1ccc2cc(-c3ccc(OC(F)(F)F)cc3)c(=O)oc2c1. The van der Waals surface area contributed by atoms with Gasteiger partial charge in [-0.3, -0.25) is 4.79 Å². The molecule has 1 aromatic heterocycles. The molecule has 2 aromatic carbocycles. The minimum absolute atomic E-state index is 0.173. The maximum absolute atomic E-state index is 12.2. The van der Waals surface area contributed by atoms with Gasteiger partial charge in [0.25, 0.3) is 5.91 Å². The Morgan fingerprint density at radius 1 is 1.04 bits per heavy atom. The second-order valence-corrected chi connectivity index (χ2v) is 5.47. The number of primary amides is 1. The smallest absolute Gasteiger partial charge is 0.484 e. The average molecular weight is 379 g/mol. The molecule has 1 heterocycles. The van der Waals surface area contributed by atoms with Crippen LogP contribution >= 0.6 is 0 Å². The van der Waals surface area contributed by atoms with Gasteiger partial charge in [0.05, 0.1) is 5.56 Å². The molecular weight excluding hydrogens is 367 g/mol. The van der Waals surface area contributed by atoms with E-state index in [4.69, 9.17) is 14.9 Å². The first-order chi connectivity index (χ1) is 12.7. The summed E-state index contributed by atoms with van der Waals surface area (Å²) in [6, 6.07) is 11.0.